The van der Waals surface area contributed by atoms with Crippen LogP contribution in [0.5, 0.6) is 0 Å². The van der Waals surface area contributed by atoms with Gasteiger partial charge >= 0.3 is 0 Å². The maximum absolute atomic E-state index is 13.2. The molecule has 174 valence electrons. The molecule has 0 aliphatic heterocycles. The molecule has 0 aliphatic rings. The molecule has 0 fully saturated rings. The van der Waals surface area contributed by atoms with E-state index in [0.717, 1.165) is 22.2 Å². The largest absolute Gasteiger partial charge is 0.350 e. The first-order valence-electron chi connectivity index (χ1n) is 10.9. The van der Waals surface area contributed by atoms with Gasteiger partial charge in [0.2, 0.25) is 5.95 Å². The summed E-state index contributed by atoms with van der Waals surface area (Å²) in [6.07, 6.45) is 1.72. The van der Waals surface area contributed by atoms with Gasteiger partial charge in [0, 0.05) is 34.1 Å². The number of aromatic amines is 1. The molecule has 9 heteroatoms. The summed E-state index contributed by atoms with van der Waals surface area (Å²) in [5.41, 5.74) is 3.64. The van der Waals surface area contributed by atoms with Crippen LogP contribution in [0.3, 0.4) is 0 Å². The molecule has 0 saturated heterocycles. The van der Waals surface area contributed by atoms with E-state index >= 15 is 0 Å². The zero-order valence-corrected chi connectivity index (χ0v) is 19.0. The molecular formula is C26H21FN6O2. The Morgan fingerprint density at radius 1 is 0.943 bits per heavy atom. The highest BCUT2D eigenvalue weighted by Crippen LogP contribution is 2.30. The third-order valence-electron chi connectivity index (χ3n) is 5.66. The number of hydrogen-bond acceptors (Lipinski definition) is 7. The number of aromatic nitrogens is 4. The van der Waals surface area contributed by atoms with Gasteiger partial charge in [-0.2, -0.15) is 10.1 Å². The van der Waals surface area contributed by atoms with E-state index in [1.807, 2.05) is 18.2 Å². The van der Waals surface area contributed by atoms with Crippen molar-refractivity contribution in [3.63, 3.8) is 0 Å². The smallest absolute Gasteiger partial charge is 0.225 e. The van der Waals surface area contributed by atoms with Crippen molar-refractivity contribution in [2.45, 2.75) is 20.4 Å². The van der Waals surface area contributed by atoms with E-state index < -0.39 is 0 Å². The molecule has 0 bridgehead atoms. The summed E-state index contributed by atoms with van der Waals surface area (Å²) in [5, 5.41) is 15.0. The molecule has 5 rings (SSSR count). The molecule has 2 heterocycles. The van der Waals surface area contributed by atoms with Crippen molar-refractivity contribution in [2.24, 2.45) is 0 Å². The minimum absolute atomic E-state index is 0.221. The fourth-order valence-corrected chi connectivity index (χ4v) is 3.87. The third-order valence-corrected chi connectivity index (χ3v) is 5.66. The number of nitrogens with one attached hydrogen (secondary N) is 3. The van der Waals surface area contributed by atoms with Gasteiger partial charge in [-0.25, -0.2) is 9.37 Å². The summed E-state index contributed by atoms with van der Waals surface area (Å²) in [4.78, 5) is 33.8. The van der Waals surface area contributed by atoms with E-state index in [9.17, 15) is 14.0 Å². The Hall–Kier alpha value is -4.66. The highest BCUT2D eigenvalue weighted by Gasteiger charge is 2.17. The summed E-state index contributed by atoms with van der Waals surface area (Å²) in [7, 11) is 0. The zero-order chi connectivity index (χ0) is 24.5. The van der Waals surface area contributed by atoms with Crippen LogP contribution in [-0.4, -0.2) is 31.7 Å². The quantitative estimate of drug-likeness (QED) is 0.274. The number of hydrogen-bond donors (Lipinski definition) is 3. The Kier molecular flexibility index (Phi) is 5.66. The molecule has 3 N–H and O–H groups in total. The van der Waals surface area contributed by atoms with Crippen LogP contribution in [-0.2, 0) is 6.54 Å². The van der Waals surface area contributed by atoms with Crippen molar-refractivity contribution in [1.29, 1.82) is 0 Å². The van der Waals surface area contributed by atoms with Gasteiger partial charge in [-0.3, -0.25) is 14.7 Å². The number of nitrogens with zero attached hydrogens (tertiary/aromatic N) is 3. The molecule has 0 amide bonds. The number of rotatable bonds is 7. The van der Waals surface area contributed by atoms with E-state index in [2.05, 4.69) is 30.8 Å². The second-order valence-corrected chi connectivity index (χ2v) is 8.20. The van der Waals surface area contributed by atoms with E-state index in [0.29, 0.717) is 40.3 Å². The van der Waals surface area contributed by atoms with Gasteiger partial charge < -0.3 is 10.6 Å². The SMILES string of the molecule is CC(=O)c1cc2nc(NCc3ccc(F)cc3)nc(Nc3ccc4[nH]ncc4c3)c2cc1C(C)=O. The summed E-state index contributed by atoms with van der Waals surface area (Å²) >= 11 is 0. The van der Waals surface area contributed by atoms with Gasteiger partial charge in [0.1, 0.15) is 11.6 Å². The maximum atomic E-state index is 13.2. The third kappa shape index (κ3) is 4.56. The average molecular weight is 468 g/mol. The molecule has 5 aromatic rings. The molecule has 0 saturated carbocycles. The number of halogens is 1. The van der Waals surface area contributed by atoms with Gasteiger partial charge in [0.05, 0.1) is 17.2 Å². The van der Waals surface area contributed by atoms with Gasteiger partial charge in [-0.05, 0) is 61.9 Å². The van der Waals surface area contributed by atoms with E-state index in [1.54, 1.807) is 30.5 Å². The summed E-state index contributed by atoms with van der Waals surface area (Å²) < 4.78 is 13.2. The van der Waals surface area contributed by atoms with E-state index in [-0.39, 0.29) is 17.4 Å². The molecule has 0 spiro atoms. The highest BCUT2D eigenvalue weighted by atomic mass is 19.1. The number of carbonyl (C=O) groups is 2. The molecule has 35 heavy (non-hydrogen) atoms. The number of anilines is 3. The van der Waals surface area contributed by atoms with Crippen LogP contribution in [0.1, 0.15) is 40.1 Å². The van der Waals surface area contributed by atoms with E-state index in [4.69, 9.17) is 0 Å². The Balaban J connectivity index is 1.60. The van der Waals surface area contributed by atoms with E-state index in [1.165, 1.54) is 26.0 Å². The minimum atomic E-state index is -0.310. The van der Waals surface area contributed by atoms with Crippen LogP contribution in [0, 0.1) is 5.82 Å². The molecule has 2 aromatic heterocycles. The predicted octanol–water partition coefficient (Wildman–Crippen LogP) is 5.41. The second kappa shape index (κ2) is 8.94. The molecule has 0 atom stereocenters. The number of fused-ring (bicyclic) bond motifs is 2. The Bertz CT molecular complexity index is 1590. The first-order valence-corrected chi connectivity index (χ1v) is 10.9. The monoisotopic (exact) mass is 468 g/mol. The van der Waals surface area contributed by atoms with Gasteiger partial charge in [0.15, 0.2) is 11.6 Å². The molecule has 0 unspecified atom stereocenters. The topological polar surface area (TPSA) is 113 Å². The minimum Gasteiger partial charge on any atom is -0.350 e. The van der Waals surface area contributed by atoms with Gasteiger partial charge in [-0.15, -0.1) is 0 Å². The van der Waals surface area contributed by atoms with Crippen molar-refractivity contribution in [3.8, 4) is 0 Å². The molecule has 3 aromatic carbocycles. The first kappa shape index (κ1) is 22.1. The number of ketones is 2. The Morgan fingerprint density at radius 2 is 1.69 bits per heavy atom. The highest BCUT2D eigenvalue weighted by molar-refractivity contribution is 6.11. The number of benzene rings is 3. The Morgan fingerprint density at radius 3 is 2.43 bits per heavy atom. The zero-order valence-electron chi connectivity index (χ0n) is 19.0. The summed E-state index contributed by atoms with van der Waals surface area (Å²) in [6, 6.07) is 15.1. The van der Waals surface area contributed by atoms with Crippen LogP contribution in [0.2, 0.25) is 0 Å². The lowest BCUT2D eigenvalue weighted by Crippen LogP contribution is -2.09. The number of H-pyrrole nitrogens is 1. The van der Waals surface area contributed by atoms with Crippen LogP contribution in [0.25, 0.3) is 21.8 Å². The average Bonchev–Trinajstić information content (AvgIpc) is 3.31. The van der Waals surface area contributed by atoms with Crippen LogP contribution >= 0.6 is 0 Å². The second-order valence-electron chi connectivity index (χ2n) is 8.20. The number of carbonyl (C=O) groups excluding carboxylic acids is 2. The normalized spacial score (nSPS) is 11.1. The Labute approximate surface area is 199 Å². The predicted molar refractivity (Wildman–Crippen MR) is 133 cm³/mol. The van der Waals surface area contributed by atoms with Crippen LogP contribution in [0.15, 0.2) is 60.8 Å². The fraction of sp³-hybridized carbons (Fsp3) is 0.115. The van der Waals surface area contributed by atoms with Crippen molar-refractivity contribution in [1.82, 2.24) is 20.2 Å². The lowest BCUT2D eigenvalue weighted by Gasteiger charge is -2.14. The van der Waals surface area contributed by atoms with Crippen LogP contribution < -0.4 is 10.6 Å². The molecular weight excluding hydrogens is 447 g/mol. The summed E-state index contributed by atoms with van der Waals surface area (Å²) in [6.45, 7) is 3.21. The molecule has 0 radical (unpaired) electrons. The fourth-order valence-electron chi connectivity index (χ4n) is 3.87. The van der Waals surface area contributed by atoms with Crippen molar-refractivity contribution in [2.75, 3.05) is 10.6 Å². The summed E-state index contributed by atoms with van der Waals surface area (Å²) in [5.74, 6) is 0.0310. The molecule has 0 aliphatic carbocycles. The molecule has 8 nitrogen and oxygen atoms in total. The maximum Gasteiger partial charge on any atom is 0.225 e. The van der Waals surface area contributed by atoms with Crippen molar-refractivity contribution < 1.29 is 14.0 Å². The first-order chi connectivity index (χ1) is 16.9. The standard InChI is InChI=1S/C26H21FN6O2/c1-14(34)20-10-22-24(11-21(20)15(2)35)31-26(28-12-16-3-5-18(27)6-4-16)32-25(22)30-19-7-8-23-17(9-19)13-29-33-23/h3-11,13H,12H2,1-2H3,(H,29,33)(H2,28,30,31,32). The lowest BCUT2D eigenvalue weighted by atomic mass is 9.98. The lowest BCUT2D eigenvalue weighted by molar-refractivity contribution is 0.0981. The van der Waals surface area contributed by atoms with Gasteiger partial charge in [-0.1, -0.05) is 12.1 Å². The van der Waals surface area contributed by atoms with Gasteiger partial charge in [0.25, 0.3) is 0 Å². The number of Topliss-reactive ketones (excluding diaryl/α,β-unsaturated/α-hetero) is 2. The van der Waals surface area contributed by atoms with Crippen LogP contribution in [0.4, 0.5) is 21.8 Å². The van der Waals surface area contributed by atoms with Crippen molar-refractivity contribution in [3.05, 3.63) is 83.3 Å². The van der Waals surface area contributed by atoms with Crippen molar-refractivity contribution >= 4 is 50.8 Å².